The second-order valence-corrected chi connectivity index (χ2v) is 4.92. The quantitative estimate of drug-likeness (QED) is 0.648. The molecule has 2 aromatic rings. The number of hydrazone groups is 1. The van der Waals surface area contributed by atoms with E-state index in [4.69, 9.17) is 21.4 Å². The van der Waals surface area contributed by atoms with E-state index >= 15 is 0 Å². The number of hydrogen-bond acceptors (Lipinski definition) is 4. The Hall–Kier alpha value is -2.53. The van der Waals surface area contributed by atoms with Crippen LogP contribution in [-0.4, -0.2) is 23.9 Å². The van der Waals surface area contributed by atoms with Crippen LogP contribution in [-0.2, 0) is 0 Å². The maximum Gasteiger partial charge on any atom is 0.337 e. The monoisotopic (exact) mass is 318 g/mol. The summed E-state index contributed by atoms with van der Waals surface area (Å²) in [5, 5.41) is 13.5. The minimum Gasteiger partial charge on any atom is -0.496 e. The lowest BCUT2D eigenvalue weighted by atomic mass is 10.1. The number of rotatable bonds is 5. The molecule has 0 spiro atoms. The van der Waals surface area contributed by atoms with Crippen molar-refractivity contribution < 1.29 is 14.6 Å². The van der Waals surface area contributed by atoms with Gasteiger partial charge in [0.1, 0.15) is 5.75 Å². The summed E-state index contributed by atoms with van der Waals surface area (Å²) in [6, 6.07) is 12.1. The topological polar surface area (TPSA) is 70.9 Å². The van der Waals surface area contributed by atoms with Gasteiger partial charge in [-0.3, -0.25) is 5.43 Å². The normalized spacial score (nSPS) is 11.1. The van der Waals surface area contributed by atoms with Gasteiger partial charge in [-0.05, 0) is 37.3 Å². The molecule has 2 aromatic carbocycles. The molecule has 22 heavy (non-hydrogen) atoms. The number of carbonyl (C=O) groups is 1. The number of hydrogen-bond donors (Lipinski definition) is 2. The number of carboxylic acids is 1. The Morgan fingerprint density at radius 2 is 1.95 bits per heavy atom. The number of anilines is 1. The predicted molar refractivity (Wildman–Crippen MR) is 87.2 cm³/mol. The molecule has 0 heterocycles. The van der Waals surface area contributed by atoms with E-state index in [1.54, 1.807) is 13.2 Å². The van der Waals surface area contributed by atoms with Crippen LogP contribution < -0.4 is 10.2 Å². The molecule has 0 saturated carbocycles. The highest BCUT2D eigenvalue weighted by atomic mass is 35.5. The van der Waals surface area contributed by atoms with E-state index in [1.807, 2.05) is 31.2 Å². The lowest BCUT2D eigenvalue weighted by Crippen LogP contribution is -2.03. The lowest BCUT2D eigenvalue weighted by molar-refractivity contribution is 0.0697. The van der Waals surface area contributed by atoms with Crippen LogP contribution >= 0.6 is 11.6 Å². The number of ether oxygens (including phenoxy) is 1. The number of benzene rings is 2. The van der Waals surface area contributed by atoms with E-state index in [2.05, 4.69) is 10.5 Å². The zero-order valence-corrected chi connectivity index (χ0v) is 12.9. The maximum absolute atomic E-state index is 11.1. The summed E-state index contributed by atoms with van der Waals surface area (Å²) < 4.78 is 5.28. The molecule has 0 bridgehead atoms. The highest BCUT2D eigenvalue weighted by molar-refractivity contribution is 6.33. The van der Waals surface area contributed by atoms with Crippen molar-refractivity contribution in [2.24, 2.45) is 5.10 Å². The molecule has 2 N–H and O–H groups in total. The second-order valence-electron chi connectivity index (χ2n) is 4.51. The summed E-state index contributed by atoms with van der Waals surface area (Å²) in [7, 11) is 1.60. The first-order valence-corrected chi connectivity index (χ1v) is 6.87. The third-order valence-electron chi connectivity index (χ3n) is 3.05. The summed E-state index contributed by atoms with van der Waals surface area (Å²) in [6.07, 6.45) is 0. The van der Waals surface area contributed by atoms with Crippen LogP contribution in [0.3, 0.4) is 0 Å². The highest BCUT2D eigenvalue weighted by Crippen LogP contribution is 2.21. The zero-order chi connectivity index (χ0) is 16.1. The summed E-state index contributed by atoms with van der Waals surface area (Å²) in [5.74, 6) is -0.369. The standard InChI is InChI=1S/C16H15ClN2O3/c1-10(12-5-3-4-6-15(12)22-2)18-19-11-7-8-14(17)13(9-11)16(20)21/h3-9,19H,1-2H3,(H,20,21)/b18-10-. The SMILES string of the molecule is COc1ccccc1/C(C)=N\Nc1ccc(Cl)c(C(=O)O)c1. The van der Waals surface area contributed by atoms with Gasteiger partial charge in [-0.1, -0.05) is 23.7 Å². The van der Waals surface area contributed by atoms with Crippen LogP contribution in [0.15, 0.2) is 47.6 Å². The molecular formula is C16H15ClN2O3. The number of para-hydroxylation sites is 1. The number of halogens is 1. The van der Waals surface area contributed by atoms with E-state index in [9.17, 15) is 4.79 Å². The van der Waals surface area contributed by atoms with Gasteiger partial charge >= 0.3 is 5.97 Å². The van der Waals surface area contributed by atoms with Gasteiger partial charge in [-0.15, -0.1) is 0 Å². The summed E-state index contributed by atoms with van der Waals surface area (Å²) in [5.41, 5.74) is 4.95. The van der Waals surface area contributed by atoms with Crippen molar-refractivity contribution in [1.29, 1.82) is 0 Å². The van der Waals surface area contributed by atoms with Gasteiger partial charge in [-0.25, -0.2) is 4.79 Å². The minimum atomic E-state index is -1.08. The molecule has 0 atom stereocenters. The van der Waals surface area contributed by atoms with Crippen LogP contribution in [0.4, 0.5) is 5.69 Å². The molecule has 0 aromatic heterocycles. The Labute approximate surface area is 133 Å². The van der Waals surface area contributed by atoms with Crippen LogP contribution in [0.2, 0.25) is 5.02 Å². The summed E-state index contributed by atoms with van der Waals surface area (Å²) >= 11 is 5.83. The van der Waals surface area contributed by atoms with Crippen molar-refractivity contribution in [3.8, 4) is 5.75 Å². The summed E-state index contributed by atoms with van der Waals surface area (Å²) in [6.45, 7) is 1.83. The fourth-order valence-electron chi connectivity index (χ4n) is 1.91. The first-order valence-electron chi connectivity index (χ1n) is 6.49. The van der Waals surface area contributed by atoms with Gasteiger partial charge in [0.15, 0.2) is 0 Å². The second kappa shape index (κ2) is 6.95. The van der Waals surface area contributed by atoms with Gasteiger partial charge in [0.05, 0.1) is 29.1 Å². The number of nitrogens with one attached hydrogen (secondary N) is 1. The molecule has 0 aliphatic carbocycles. The van der Waals surface area contributed by atoms with Crippen molar-refractivity contribution in [2.45, 2.75) is 6.92 Å². The Balaban J connectivity index is 2.24. The third kappa shape index (κ3) is 3.56. The first-order chi connectivity index (χ1) is 10.5. The number of methoxy groups -OCH3 is 1. The van der Waals surface area contributed by atoms with E-state index in [0.29, 0.717) is 17.1 Å². The molecule has 5 nitrogen and oxygen atoms in total. The zero-order valence-electron chi connectivity index (χ0n) is 12.1. The molecule has 6 heteroatoms. The Morgan fingerprint density at radius 1 is 1.23 bits per heavy atom. The molecule has 2 rings (SSSR count). The molecule has 0 saturated heterocycles. The molecular weight excluding hydrogens is 304 g/mol. The third-order valence-corrected chi connectivity index (χ3v) is 3.38. The number of aromatic carboxylic acids is 1. The number of nitrogens with zero attached hydrogens (tertiary/aromatic N) is 1. The van der Waals surface area contributed by atoms with E-state index in [0.717, 1.165) is 5.56 Å². The fraction of sp³-hybridized carbons (Fsp3) is 0.125. The molecule has 0 radical (unpaired) electrons. The number of carboxylic acid groups (broad SMARTS) is 1. The van der Waals surface area contributed by atoms with E-state index in [-0.39, 0.29) is 10.6 Å². The molecule has 0 amide bonds. The van der Waals surface area contributed by atoms with Gasteiger partial charge < -0.3 is 9.84 Å². The van der Waals surface area contributed by atoms with E-state index in [1.165, 1.54) is 12.1 Å². The maximum atomic E-state index is 11.1. The lowest BCUT2D eigenvalue weighted by Gasteiger charge is -2.09. The van der Waals surface area contributed by atoms with Gasteiger partial charge in [0.25, 0.3) is 0 Å². The van der Waals surface area contributed by atoms with Crippen molar-refractivity contribution in [1.82, 2.24) is 0 Å². The average Bonchev–Trinajstić information content (AvgIpc) is 2.53. The Morgan fingerprint density at radius 3 is 2.64 bits per heavy atom. The molecule has 0 unspecified atom stereocenters. The van der Waals surface area contributed by atoms with Crippen LogP contribution in [0, 0.1) is 0 Å². The van der Waals surface area contributed by atoms with Crippen LogP contribution in [0.5, 0.6) is 5.75 Å². The Kier molecular flexibility index (Phi) is 5.01. The van der Waals surface area contributed by atoms with E-state index < -0.39 is 5.97 Å². The Bertz CT molecular complexity index is 729. The smallest absolute Gasteiger partial charge is 0.337 e. The minimum absolute atomic E-state index is 0.0248. The average molecular weight is 319 g/mol. The van der Waals surface area contributed by atoms with Crippen molar-refractivity contribution in [3.63, 3.8) is 0 Å². The molecule has 0 aliphatic heterocycles. The largest absolute Gasteiger partial charge is 0.496 e. The highest BCUT2D eigenvalue weighted by Gasteiger charge is 2.09. The van der Waals surface area contributed by atoms with Crippen LogP contribution in [0.25, 0.3) is 0 Å². The van der Waals surface area contributed by atoms with Crippen LogP contribution in [0.1, 0.15) is 22.8 Å². The van der Waals surface area contributed by atoms with Gasteiger partial charge in [0, 0.05) is 5.56 Å². The molecule has 0 aliphatic rings. The fourth-order valence-corrected chi connectivity index (χ4v) is 2.11. The van der Waals surface area contributed by atoms with Crippen molar-refractivity contribution >= 4 is 29.0 Å². The van der Waals surface area contributed by atoms with Gasteiger partial charge in [-0.2, -0.15) is 5.10 Å². The van der Waals surface area contributed by atoms with Crippen molar-refractivity contribution in [2.75, 3.05) is 12.5 Å². The van der Waals surface area contributed by atoms with Gasteiger partial charge in [0.2, 0.25) is 0 Å². The molecule has 0 fully saturated rings. The van der Waals surface area contributed by atoms with Crippen molar-refractivity contribution in [3.05, 3.63) is 58.6 Å². The molecule has 114 valence electrons. The predicted octanol–water partition coefficient (Wildman–Crippen LogP) is 3.88. The summed E-state index contributed by atoms with van der Waals surface area (Å²) in [4.78, 5) is 11.1. The first kappa shape index (κ1) is 15.9.